The second-order valence-electron chi connectivity index (χ2n) is 1.14. The van der Waals surface area contributed by atoms with Crippen LogP contribution in [0.4, 0.5) is 0 Å². The zero-order chi connectivity index (χ0) is 3.70. The molecule has 1 heterocycles. The van der Waals surface area contributed by atoms with Crippen molar-refractivity contribution in [2.75, 3.05) is 13.2 Å². The Morgan fingerprint density at radius 1 is 1.83 bits per heavy atom. The van der Waals surface area contributed by atoms with Crippen molar-refractivity contribution >= 4 is 29.6 Å². The van der Waals surface area contributed by atoms with Gasteiger partial charge < -0.3 is 9.84 Å². The first kappa shape index (κ1) is 6.92. The van der Waals surface area contributed by atoms with E-state index in [-0.39, 0.29) is 42.3 Å². The van der Waals surface area contributed by atoms with Crippen LogP contribution < -0.4 is 0 Å². The monoisotopic (exact) mass is 98.0 g/mol. The molecule has 1 fully saturated rings. The van der Waals surface area contributed by atoms with Crippen LogP contribution in [0.1, 0.15) is 0 Å². The van der Waals surface area contributed by atoms with Gasteiger partial charge in [0.15, 0.2) is 0 Å². The molecule has 6 heavy (non-hydrogen) atoms. The molecule has 0 saturated carbocycles. The molecule has 0 radical (unpaired) electrons. The van der Waals surface area contributed by atoms with Crippen LogP contribution in [0.3, 0.4) is 0 Å². The molecular formula is C3H7NaO2. The van der Waals surface area contributed by atoms with Crippen molar-refractivity contribution in [2.45, 2.75) is 6.10 Å². The van der Waals surface area contributed by atoms with Crippen LogP contribution in [0.15, 0.2) is 0 Å². The van der Waals surface area contributed by atoms with E-state index >= 15 is 0 Å². The summed E-state index contributed by atoms with van der Waals surface area (Å²) >= 11 is 0. The van der Waals surface area contributed by atoms with Crippen LogP contribution in [0.25, 0.3) is 0 Å². The number of rotatable bonds is 1. The van der Waals surface area contributed by atoms with Crippen molar-refractivity contribution in [3.63, 3.8) is 0 Å². The third-order valence-electron chi connectivity index (χ3n) is 0.606. The van der Waals surface area contributed by atoms with Crippen molar-refractivity contribution in [3.05, 3.63) is 0 Å². The van der Waals surface area contributed by atoms with Gasteiger partial charge in [-0.1, -0.05) is 0 Å². The molecular weight excluding hydrogens is 91.0 g/mol. The van der Waals surface area contributed by atoms with E-state index in [0.29, 0.717) is 0 Å². The average Bonchev–Trinajstić information content (AvgIpc) is 2.12. The molecule has 0 aromatic carbocycles. The Bertz CT molecular complexity index is 35.8. The van der Waals surface area contributed by atoms with E-state index in [2.05, 4.69) is 4.74 Å². The topological polar surface area (TPSA) is 32.8 Å². The number of hydrogen-bond acceptors (Lipinski definition) is 2. The quantitative estimate of drug-likeness (QED) is 0.327. The van der Waals surface area contributed by atoms with Crippen LogP contribution in [0, 0.1) is 0 Å². The van der Waals surface area contributed by atoms with E-state index in [4.69, 9.17) is 5.11 Å². The number of aliphatic hydroxyl groups excluding tert-OH is 1. The number of ether oxygens (including phenoxy) is 1. The number of hydrogen-bond donors (Lipinski definition) is 1. The van der Waals surface area contributed by atoms with Gasteiger partial charge in [-0.15, -0.1) is 0 Å². The Labute approximate surface area is 58.8 Å². The molecule has 1 atom stereocenters. The van der Waals surface area contributed by atoms with E-state index in [9.17, 15) is 0 Å². The van der Waals surface area contributed by atoms with Crippen molar-refractivity contribution in [3.8, 4) is 0 Å². The maximum atomic E-state index is 8.08. The molecule has 1 rings (SSSR count). The van der Waals surface area contributed by atoms with E-state index in [0.717, 1.165) is 6.61 Å². The fourth-order valence-electron chi connectivity index (χ4n) is 0.173. The summed E-state index contributed by atoms with van der Waals surface area (Å²) < 4.78 is 4.61. The number of aliphatic hydroxyl groups is 1. The van der Waals surface area contributed by atoms with Gasteiger partial charge >= 0.3 is 29.6 Å². The molecule has 1 saturated heterocycles. The Balaban J connectivity index is 0.000000250. The maximum absolute atomic E-state index is 8.08. The fraction of sp³-hybridized carbons (Fsp3) is 1.00. The summed E-state index contributed by atoms with van der Waals surface area (Å²) in [6.45, 7) is 0.955. The molecule has 3 heteroatoms. The van der Waals surface area contributed by atoms with Crippen LogP contribution in [-0.4, -0.2) is 54.0 Å². The molecule has 32 valence electrons. The summed E-state index contributed by atoms with van der Waals surface area (Å²) in [5.41, 5.74) is 0. The van der Waals surface area contributed by atoms with Gasteiger partial charge in [0.25, 0.3) is 0 Å². The molecule has 0 amide bonds. The summed E-state index contributed by atoms with van der Waals surface area (Å²) in [5.74, 6) is 0. The SMILES string of the molecule is OCC1CO1.[NaH]. The minimum atomic E-state index is 0. The molecule has 1 N–H and O–H groups in total. The molecule has 0 aromatic heterocycles. The summed E-state index contributed by atoms with van der Waals surface area (Å²) in [5, 5.41) is 8.08. The van der Waals surface area contributed by atoms with Crippen molar-refractivity contribution < 1.29 is 9.84 Å². The van der Waals surface area contributed by atoms with Gasteiger partial charge in [-0.3, -0.25) is 0 Å². The van der Waals surface area contributed by atoms with Crippen molar-refractivity contribution in [1.29, 1.82) is 0 Å². The first-order chi connectivity index (χ1) is 2.43. The first-order valence-electron chi connectivity index (χ1n) is 1.66. The molecule has 1 aliphatic heterocycles. The van der Waals surface area contributed by atoms with Gasteiger partial charge in [-0.25, -0.2) is 0 Å². The minimum absolute atomic E-state index is 0. The predicted octanol–water partition coefficient (Wildman–Crippen LogP) is -1.27. The fourth-order valence-corrected chi connectivity index (χ4v) is 0.173. The second kappa shape index (κ2) is 2.99. The zero-order valence-electron chi connectivity index (χ0n) is 2.85. The van der Waals surface area contributed by atoms with Gasteiger partial charge in [0.1, 0.15) is 6.10 Å². The Hall–Kier alpha value is 0.920. The molecule has 2 nitrogen and oxygen atoms in total. The van der Waals surface area contributed by atoms with E-state index in [1.807, 2.05) is 0 Å². The van der Waals surface area contributed by atoms with Crippen LogP contribution in [0.5, 0.6) is 0 Å². The van der Waals surface area contributed by atoms with Crippen molar-refractivity contribution in [1.82, 2.24) is 0 Å². The summed E-state index contributed by atoms with van der Waals surface area (Å²) in [7, 11) is 0. The molecule has 1 unspecified atom stereocenters. The predicted molar refractivity (Wildman–Crippen MR) is 24.0 cm³/mol. The van der Waals surface area contributed by atoms with Crippen LogP contribution >= 0.6 is 0 Å². The van der Waals surface area contributed by atoms with Gasteiger partial charge in [0.05, 0.1) is 13.2 Å². The molecule has 0 spiro atoms. The van der Waals surface area contributed by atoms with Gasteiger partial charge in [-0.2, -0.15) is 0 Å². The Kier molecular flexibility index (Phi) is 3.45. The molecule has 0 aromatic rings. The first-order valence-corrected chi connectivity index (χ1v) is 1.66. The van der Waals surface area contributed by atoms with Crippen molar-refractivity contribution in [2.24, 2.45) is 0 Å². The average molecular weight is 98.1 g/mol. The van der Waals surface area contributed by atoms with Crippen LogP contribution in [0.2, 0.25) is 0 Å². The van der Waals surface area contributed by atoms with E-state index < -0.39 is 0 Å². The van der Waals surface area contributed by atoms with E-state index in [1.54, 1.807) is 0 Å². The summed E-state index contributed by atoms with van der Waals surface area (Å²) in [6, 6.07) is 0. The zero-order valence-corrected chi connectivity index (χ0v) is 2.85. The van der Waals surface area contributed by atoms with Gasteiger partial charge in [0.2, 0.25) is 0 Å². The summed E-state index contributed by atoms with van der Waals surface area (Å²) in [4.78, 5) is 0. The standard InChI is InChI=1S/C3H6O2.Na.H/c4-1-3-2-5-3;;/h3-4H,1-2H2;;. The molecule has 1 aliphatic rings. The molecule has 0 bridgehead atoms. The third-order valence-corrected chi connectivity index (χ3v) is 0.606. The summed E-state index contributed by atoms with van der Waals surface area (Å²) in [6.07, 6.45) is 0.190. The number of epoxide rings is 1. The third kappa shape index (κ3) is 2.16. The van der Waals surface area contributed by atoms with Gasteiger partial charge in [-0.05, 0) is 0 Å². The Morgan fingerprint density at radius 2 is 2.33 bits per heavy atom. The van der Waals surface area contributed by atoms with Crippen LogP contribution in [-0.2, 0) is 4.74 Å². The van der Waals surface area contributed by atoms with E-state index in [1.165, 1.54) is 0 Å². The van der Waals surface area contributed by atoms with Gasteiger partial charge in [0, 0.05) is 0 Å². The Morgan fingerprint density at radius 3 is 2.33 bits per heavy atom. The molecule has 0 aliphatic carbocycles. The second-order valence-corrected chi connectivity index (χ2v) is 1.14. The normalized spacial score (nSPS) is 28.5.